The second-order valence-corrected chi connectivity index (χ2v) is 10.7. The largest absolute Gasteiger partial charge is 0.414 e. The first kappa shape index (κ1) is 16.1. The minimum absolute atomic E-state index is 0.257. The topological polar surface area (TPSA) is 38.7 Å². The van der Waals surface area contributed by atoms with Gasteiger partial charge in [0.2, 0.25) is 0 Å². The van der Waals surface area contributed by atoms with Gasteiger partial charge in [-0.25, -0.2) is 0 Å². The molecule has 0 saturated heterocycles. The van der Waals surface area contributed by atoms with E-state index in [4.69, 9.17) is 14.3 Å². The third kappa shape index (κ3) is 6.63. The minimum atomic E-state index is -1.62. The molecule has 3 nitrogen and oxygen atoms in total. The van der Waals surface area contributed by atoms with Crippen molar-refractivity contribution < 1.29 is 14.3 Å². The van der Waals surface area contributed by atoms with Gasteiger partial charge in [-0.2, -0.15) is 0 Å². The average molecular weight is 248 g/mol. The van der Waals surface area contributed by atoms with Crippen LogP contribution in [0.5, 0.6) is 0 Å². The second kappa shape index (κ2) is 6.74. The predicted molar refractivity (Wildman–Crippen MR) is 70.3 cm³/mol. The quantitative estimate of drug-likeness (QED) is 0.556. The van der Waals surface area contributed by atoms with E-state index in [1.54, 1.807) is 6.92 Å². The van der Waals surface area contributed by atoms with E-state index in [-0.39, 0.29) is 11.1 Å². The summed E-state index contributed by atoms with van der Waals surface area (Å²) in [5.41, 5.74) is 0. The Morgan fingerprint density at radius 1 is 1.12 bits per heavy atom. The number of hydrogen-bond donors (Lipinski definition) is 1. The monoisotopic (exact) mass is 248 g/mol. The van der Waals surface area contributed by atoms with Crippen molar-refractivity contribution >= 4 is 8.32 Å². The SMILES string of the molecule is CC(O)CCOCCO[Si](C)(C)C(C)(C)C. The van der Waals surface area contributed by atoms with Crippen molar-refractivity contribution in [2.24, 2.45) is 0 Å². The van der Waals surface area contributed by atoms with Crippen molar-refractivity contribution in [1.82, 2.24) is 0 Å². The maximum atomic E-state index is 9.04. The van der Waals surface area contributed by atoms with Gasteiger partial charge in [-0.1, -0.05) is 20.8 Å². The van der Waals surface area contributed by atoms with Crippen LogP contribution in [0.3, 0.4) is 0 Å². The van der Waals surface area contributed by atoms with Crippen LogP contribution in [-0.4, -0.2) is 39.3 Å². The summed E-state index contributed by atoms with van der Waals surface area (Å²) in [5, 5.41) is 9.30. The molecule has 0 fully saturated rings. The number of rotatable bonds is 7. The Bertz CT molecular complexity index is 185. The van der Waals surface area contributed by atoms with Gasteiger partial charge in [0.25, 0.3) is 0 Å². The second-order valence-electron chi connectivity index (χ2n) is 5.86. The number of ether oxygens (including phenoxy) is 1. The molecule has 4 heteroatoms. The molecule has 1 N–H and O–H groups in total. The summed E-state index contributed by atoms with van der Waals surface area (Å²) in [5.74, 6) is 0. The van der Waals surface area contributed by atoms with E-state index in [0.29, 0.717) is 26.2 Å². The number of hydrogen-bond acceptors (Lipinski definition) is 3. The van der Waals surface area contributed by atoms with Gasteiger partial charge in [-0.15, -0.1) is 0 Å². The normalized spacial score (nSPS) is 15.2. The van der Waals surface area contributed by atoms with Crippen LogP contribution < -0.4 is 0 Å². The third-order valence-corrected chi connectivity index (χ3v) is 7.71. The van der Waals surface area contributed by atoms with Crippen LogP contribution in [-0.2, 0) is 9.16 Å². The zero-order chi connectivity index (χ0) is 12.8. The van der Waals surface area contributed by atoms with Gasteiger partial charge >= 0.3 is 0 Å². The summed E-state index contributed by atoms with van der Waals surface area (Å²) in [7, 11) is -1.62. The maximum absolute atomic E-state index is 9.04. The summed E-state index contributed by atoms with van der Waals surface area (Å²) in [6.45, 7) is 14.8. The van der Waals surface area contributed by atoms with E-state index in [2.05, 4.69) is 33.9 Å². The summed E-state index contributed by atoms with van der Waals surface area (Å²) >= 11 is 0. The molecule has 0 aliphatic carbocycles. The standard InChI is InChI=1S/C12H28O3Si/c1-11(13)7-8-14-9-10-15-16(5,6)12(2,3)4/h11,13H,7-10H2,1-6H3. The van der Waals surface area contributed by atoms with Crippen LogP contribution in [0.25, 0.3) is 0 Å². The lowest BCUT2D eigenvalue weighted by atomic mass is 10.2. The molecule has 0 aromatic heterocycles. The fourth-order valence-corrected chi connectivity index (χ4v) is 1.95. The Morgan fingerprint density at radius 3 is 2.12 bits per heavy atom. The molecule has 98 valence electrons. The number of aliphatic hydroxyl groups is 1. The van der Waals surface area contributed by atoms with Gasteiger partial charge in [0.1, 0.15) is 0 Å². The van der Waals surface area contributed by atoms with Crippen LogP contribution in [0.4, 0.5) is 0 Å². The molecule has 0 spiro atoms. The Morgan fingerprint density at radius 2 is 1.69 bits per heavy atom. The molecule has 0 rings (SSSR count). The molecule has 0 heterocycles. The van der Waals surface area contributed by atoms with Crippen molar-refractivity contribution in [3.63, 3.8) is 0 Å². The zero-order valence-electron chi connectivity index (χ0n) is 11.7. The van der Waals surface area contributed by atoms with Crippen LogP contribution in [0.1, 0.15) is 34.1 Å². The molecule has 0 amide bonds. The lowest BCUT2D eigenvalue weighted by Gasteiger charge is -2.36. The molecule has 0 aromatic carbocycles. The molecule has 0 radical (unpaired) electrons. The highest BCUT2D eigenvalue weighted by Gasteiger charge is 2.36. The highest BCUT2D eigenvalue weighted by atomic mass is 28.4. The molecule has 1 unspecified atom stereocenters. The number of aliphatic hydroxyl groups excluding tert-OH is 1. The fraction of sp³-hybridized carbons (Fsp3) is 1.00. The zero-order valence-corrected chi connectivity index (χ0v) is 12.7. The summed E-state index contributed by atoms with van der Waals surface area (Å²) < 4.78 is 11.3. The van der Waals surface area contributed by atoms with E-state index >= 15 is 0 Å². The first-order valence-electron chi connectivity index (χ1n) is 6.06. The lowest BCUT2D eigenvalue weighted by Crippen LogP contribution is -2.41. The summed E-state index contributed by atoms with van der Waals surface area (Å²) in [6.07, 6.45) is 0.418. The first-order chi connectivity index (χ1) is 7.17. The minimum Gasteiger partial charge on any atom is -0.414 e. The molecule has 0 bridgehead atoms. The molecule has 0 saturated carbocycles. The molecule has 16 heavy (non-hydrogen) atoms. The van der Waals surface area contributed by atoms with Gasteiger partial charge in [0.15, 0.2) is 8.32 Å². The molecular formula is C12H28O3Si. The van der Waals surface area contributed by atoms with Gasteiger partial charge in [0.05, 0.1) is 19.3 Å². The van der Waals surface area contributed by atoms with Gasteiger partial charge in [-0.3, -0.25) is 0 Å². The van der Waals surface area contributed by atoms with Crippen LogP contribution in [0.15, 0.2) is 0 Å². The highest BCUT2D eigenvalue weighted by molar-refractivity contribution is 6.74. The smallest absolute Gasteiger partial charge is 0.192 e. The molecule has 0 aliphatic rings. The third-order valence-electron chi connectivity index (χ3n) is 3.18. The van der Waals surface area contributed by atoms with Crippen molar-refractivity contribution in [3.05, 3.63) is 0 Å². The maximum Gasteiger partial charge on any atom is 0.192 e. The molecular weight excluding hydrogens is 220 g/mol. The molecule has 1 atom stereocenters. The fourth-order valence-electron chi connectivity index (χ4n) is 0.928. The van der Waals surface area contributed by atoms with Crippen molar-refractivity contribution in [3.8, 4) is 0 Å². The van der Waals surface area contributed by atoms with Crippen molar-refractivity contribution in [1.29, 1.82) is 0 Å². The van der Waals surface area contributed by atoms with Gasteiger partial charge < -0.3 is 14.3 Å². The lowest BCUT2D eigenvalue weighted by molar-refractivity contribution is 0.0675. The van der Waals surface area contributed by atoms with Gasteiger partial charge in [0, 0.05) is 6.61 Å². The Labute approximate surface area is 101 Å². The van der Waals surface area contributed by atoms with E-state index in [1.165, 1.54) is 0 Å². The Hall–Kier alpha value is 0.0969. The van der Waals surface area contributed by atoms with E-state index in [0.717, 1.165) is 0 Å². The van der Waals surface area contributed by atoms with Crippen molar-refractivity contribution in [2.45, 2.75) is 58.4 Å². The molecule has 0 aliphatic heterocycles. The van der Waals surface area contributed by atoms with Crippen LogP contribution in [0, 0.1) is 0 Å². The summed E-state index contributed by atoms with van der Waals surface area (Å²) in [6, 6.07) is 0. The Balaban J connectivity index is 3.59. The predicted octanol–water partition coefficient (Wildman–Crippen LogP) is 2.80. The van der Waals surface area contributed by atoms with Crippen molar-refractivity contribution in [2.75, 3.05) is 19.8 Å². The van der Waals surface area contributed by atoms with E-state index in [1.807, 2.05) is 0 Å². The van der Waals surface area contributed by atoms with E-state index in [9.17, 15) is 0 Å². The van der Waals surface area contributed by atoms with E-state index < -0.39 is 8.32 Å². The van der Waals surface area contributed by atoms with Crippen LogP contribution >= 0.6 is 0 Å². The molecule has 0 aromatic rings. The first-order valence-corrected chi connectivity index (χ1v) is 8.97. The van der Waals surface area contributed by atoms with Crippen LogP contribution in [0.2, 0.25) is 18.1 Å². The average Bonchev–Trinajstić information content (AvgIpc) is 2.08. The highest BCUT2D eigenvalue weighted by Crippen LogP contribution is 2.36. The Kier molecular flexibility index (Phi) is 6.78. The summed E-state index contributed by atoms with van der Waals surface area (Å²) in [4.78, 5) is 0. The van der Waals surface area contributed by atoms with Gasteiger partial charge in [-0.05, 0) is 31.5 Å².